The molecule has 0 aromatic carbocycles. The third-order valence-corrected chi connectivity index (χ3v) is 9.30. The highest BCUT2D eigenvalue weighted by Crippen LogP contribution is 2.32. The van der Waals surface area contributed by atoms with Crippen LogP contribution in [0.15, 0.2) is 0 Å². The molecule has 0 unspecified atom stereocenters. The first kappa shape index (κ1) is 33.5. The van der Waals surface area contributed by atoms with Crippen LogP contribution >= 0.6 is 0 Å². The van der Waals surface area contributed by atoms with Crippen LogP contribution in [0, 0.1) is 0 Å². The van der Waals surface area contributed by atoms with Crippen molar-refractivity contribution in [2.24, 2.45) is 0 Å². The van der Waals surface area contributed by atoms with Gasteiger partial charge in [-0.05, 0) is 51.4 Å². The van der Waals surface area contributed by atoms with Crippen LogP contribution in [-0.2, 0) is 39.0 Å². The number of urea groups is 2. The van der Waals surface area contributed by atoms with Crippen molar-refractivity contribution >= 4 is 44.7 Å². The number of fused-ring (bicyclic) bond motifs is 4. The van der Waals surface area contributed by atoms with Crippen molar-refractivity contribution in [3.8, 4) is 0 Å². The molecule has 0 saturated carbocycles. The Morgan fingerprint density at radius 3 is 1.33 bits per heavy atom. The van der Waals surface area contributed by atoms with Gasteiger partial charge in [0.25, 0.3) is 11.8 Å². The molecule has 20 nitrogen and oxygen atoms in total. The van der Waals surface area contributed by atoms with Gasteiger partial charge in [-0.1, -0.05) is 6.42 Å². The highest BCUT2D eigenvalue weighted by molar-refractivity contribution is 7.81. The number of piperidine rings is 3. The van der Waals surface area contributed by atoms with Crippen LogP contribution in [0.25, 0.3) is 0 Å². The van der Waals surface area contributed by atoms with Crippen LogP contribution in [0.1, 0.15) is 57.8 Å². The van der Waals surface area contributed by atoms with Gasteiger partial charge in [-0.3, -0.25) is 29.5 Å². The minimum atomic E-state index is -4.77. The molecule has 4 bridgehead atoms. The minimum Gasteiger partial charge on any atom is -0.309 e. The fourth-order valence-electron chi connectivity index (χ4n) is 6.50. The average Bonchev–Trinajstić information content (AvgIpc) is 3.63. The number of hydrogen-bond donors (Lipinski definition) is 4. The van der Waals surface area contributed by atoms with E-state index in [0.717, 1.165) is 58.3 Å². The van der Waals surface area contributed by atoms with E-state index in [1.54, 1.807) is 0 Å². The van der Waals surface area contributed by atoms with Crippen LogP contribution in [0.3, 0.4) is 0 Å². The highest BCUT2D eigenvalue weighted by Gasteiger charge is 2.50. The maximum atomic E-state index is 12.4. The lowest BCUT2D eigenvalue weighted by molar-refractivity contribution is -0.131. The Morgan fingerprint density at radius 1 is 0.622 bits per heavy atom. The average molecular weight is 683 g/mol. The van der Waals surface area contributed by atoms with Gasteiger partial charge < -0.3 is 9.80 Å². The first-order chi connectivity index (χ1) is 21.2. The molecule has 6 rings (SSSR count). The number of hydroxylamine groups is 4. The van der Waals surface area contributed by atoms with E-state index in [4.69, 9.17) is 9.11 Å². The Balaban J connectivity index is 0.000000178. The number of nitrogens with zero attached hydrogens (tertiary/aromatic N) is 6. The summed E-state index contributed by atoms with van der Waals surface area (Å²) < 4.78 is 69.4. The molecule has 6 aliphatic rings. The largest absolute Gasteiger partial charge is 0.418 e. The van der Waals surface area contributed by atoms with Crippen molar-refractivity contribution in [3.63, 3.8) is 0 Å². The summed E-state index contributed by atoms with van der Waals surface area (Å²) in [5.41, 5.74) is 5.62. The van der Waals surface area contributed by atoms with Crippen LogP contribution in [-0.4, -0.2) is 143 Å². The zero-order valence-electron chi connectivity index (χ0n) is 24.4. The molecule has 0 aromatic heterocycles. The molecule has 0 aromatic rings. The molecule has 22 heteroatoms. The quantitative estimate of drug-likeness (QED) is 0.216. The minimum absolute atomic E-state index is 0.201. The van der Waals surface area contributed by atoms with Gasteiger partial charge in [0.05, 0.1) is 12.1 Å². The van der Waals surface area contributed by atoms with Crippen LogP contribution in [0.4, 0.5) is 9.59 Å². The molecular formula is C23H38N8O12S2. The number of rotatable bonds is 8. The number of hydrazine groups is 2. The third-order valence-electron chi connectivity index (χ3n) is 8.60. The van der Waals surface area contributed by atoms with E-state index in [9.17, 15) is 36.0 Å². The number of amides is 6. The molecule has 6 heterocycles. The SMILES string of the molecule is O=C(NN1CCCC1)[C@@H]1CC[C@@H]2CN1C(=O)N2OS(=O)(=O)O.O=C(NN1CCCCC1)[C@@H]1CC[C@@H]2CN1C(=O)N2OS(=O)(=O)O. The zero-order valence-corrected chi connectivity index (χ0v) is 26.0. The lowest BCUT2D eigenvalue weighted by Gasteiger charge is -2.33. The van der Waals surface area contributed by atoms with Gasteiger partial charge in [0.1, 0.15) is 12.1 Å². The molecule has 254 valence electrons. The fourth-order valence-corrected chi connectivity index (χ4v) is 7.28. The van der Waals surface area contributed by atoms with Crippen molar-refractivity contribution in [2.75, 3.05) is 39.3 Å². The third kappa shape index (κ3) is 8.11. The topological polar surface area (TPSA) is 239 Å². The van der Waals surface area contributed by atoms with Crippen molar-refractivity contribution < 1.29 is 53.7 Å². The summed E-state index contributed by atoms with van der Waals surface area (Å²) in [4.78, 5) is 51.7. The molecule has 0 aliphatic carbocycles. The second kappa shape index (κ2) is 13.5. The standard InChI is InChI=1S/C12H20N4O6S.C11H18N4O6S/c17-11(13-14-6-2-1-3-7-14)10-5-4-9-8-15(10)12(18)16(9)22-23(19,20)21;16-10(12-13-5-1-2-6-13)9-4-3-8-7-14(9)11(17)15(8)21-22(18,19)20/h9-10H,1-8H2,(H,13,17)(H,19,20,21);8-9H,1-7H2,(H,12,16)(H,18,19,20)/t9-,10+;8-,9+/m11/s1. The summed E-state index contributed by atoms with van der Waals surface area (Å²) in [6.45, 7) is 3.54. The van der Waals surface area contributed by atoms with Gasteiger partial charge >= 0.3 is 32.9 Å². The Hall–Kier alpha value is -2.86. The normalized spacial score (nSPS) is 29.1. The van der Waals surface area contributed by atoms with Gasteiger partial charge in [0, 0.05) is 39.3 Å². The van der Waals surface area contributed by atoms with Crippen LogP contribution < -0.4 is 10.9 Å². The van der Waals surface area contributed by atoms with Gasteiger partial charge in [0.15, 0.2) is 0 Å². The second-order valence-electron chi connectivity index (χ2n) is 11.7. The van der Waals surface area contributed by atoms with E-state index in [0.29, 0.717) is 35.8 Å². The lowest BCUT2D eigenvalue weighted by Crippen LogP contribution is -2.55. The molecule has 0 radical (unpaired) electrons. The monoisotopic (exact) mass is 682 g/mol. The smallest absolute Gasteiger partial charge is 0.309 e. The summed E-state index contributed by atoms with van der Waals surface area (Å²) >= 11 is 0. The first-order valence-corrected chi connectivity index (χ1v) is 17.6. The van der Waals surface area contributed by atoms with E-state index in [2.05, 4.69) is 19.4 Å². The second-order valence-corrected chi connectivity index (χ2v) is 13.7. The number of nitrogens with one attached hydrogen (secondary N) is 2. The molecule has 6 fully saturated rings. The molecule has 6 amide bonds. The summed E-state index contributed by atoms with van der Waals surface area (Å²) in [6, 6.07) is -3.71. The fraction of sp³-hybridized carbons (Fsp3) is 0.826. The number of carbonyl (C=O) groups excluding carboxylic acids is 4. The Bertz CT molecular complexity index is 1370. The molecule has 4 atom stereocenters. The Labute approximate surface area is 260 Å². The molecule has 45 heavy (non-hydrogen) atoms. The predicted octanol–water partition coefficient (Wildman–Crippen LogP) is -1.38. The van der Waals surface area contributed by atoms with E-state index < -0.39 is 57.0 Å². The Morgan fingerprint density at radius 2 is 0.978 bits per heavy atom. The van der Waals surface area contributed by atoms with E-state index >= 15 is 0 Å². The van der Waals surface area contributed by atoms with Crippen molar-refractivity contribution in [2.45, 2.75) is 82.0 Å². The van der Waals surface area contributed by atoms with E-state index in [-0.39, 0.29) is 24.9 Å². The van der Waals surface area contributed by atoms with Gasteiger partial charge in [-0.2, -0.15) is 27.0 Å². The number of hydrogen-bond acceptors (Lipinski definition) is 12. The molecule has 0 spiro atoms. The lowest BCUT2D eigenvalue weighted by atomic mass is 10.0. The zero-order chi connectivity index (χ0) is 32.5. The molecule has 6 aliphatic heterocycles. The van der Waals surface area contributed by atoms with Gasteiger partial charge in [0.2, 0.25) is 0 Å². The van der Waals surface area contributed by atoms with Gasteiger partial charge in [-0.15, -0.1) is 8.57 Å². The Kier molecular flexibility index (Phi) is 10.0. The van der Waals surface area contributed by atoms with E-state index in [1.165, 1.54) is 9.80 Å². The van der Waals surface area contributed by atoms with Crippen molar-refractivity contribution in [1.82, 2.24) is 40.8 Å². The van der Waals surface area contributed by atoms with E-state index in [1.807, 2.05) is 10.0 Å². The molecule has 4 N–H and O–H groups in total. The summed E-state index contributed by atoms with van der Waals surface area (Å²) in [6.07, 6.45) is 6.91. The summed E-state index contributed by atoms with van der Waals surface area (Å²) in [7, 11) is -9.54. The maximum absolute atomic E-state index is 12.4. The highest BCUT2D eigenvalue weighted by atomic mass is 32.3. The van der Waals surface area contributed by atoms with Crippen molar-refractivity contribution in [3.05, 3.63) is 0 Å². The summed E-state index contributed by atoms with van der Waals surface area (Å²) in [5, 5.41) is 4.95. The maximum Gasteiger partial charge on any atom is 0.418 e. The first-order valence-electron chi connectivity index (χ1n) is 14.8. The van der Waals surface area contributed by atoms with Gasteiger partial charge in [-0.25, -0.2) is 19.6 Å². The summed E-state index contributed by atoms with van der Waals surface area (Å²) in [5.74, 6) is -0.546. The van der Waals surface area contributed by atoms with Crippen LogP contribution in [0.2, 0.25) is 0 Å². The molecular weight excluding hydrogens is 644 g/mol. The van der Waals surface area contributed by atoms with Crippen molar-refractivity contribution in [1.29, 1.82) is 0 Å². The number of carbonyl (C=O) groups is 4. The predicted molar refractivity (Wildman–Crippen MR) is 149 cm³/mol. The van der Waals surface area contributed by atoms with Crippen LogP contribution in [0.5, 0.6) is 0 Å². The molecule has 6 saturated heterocycles.